The number of carbonyl (C=O) groups is 2. The molecule has 1 aromatic rings. The van der Waals surface area contributed by atoms with Gasteiger partial charge in [0.1, 0.15) is 0 Å². The lowest BCUT2D eigenvalue weighted by Crippen LogP contribution is -2.18. The number of hydrogen-bond donors (Lipinski definition) is 1. The van der Waals surface area contributed by atoms with Gasteiger partial charge in [-0.3, -0.25) is 9.59 Å². The van der Waals surface area contributed by atoms with E-state index in [1.54, 1.807) is 12.3 Å². The molecular weight excluding hydrogens is 338 g/mol. The van der Waals surface area contributed by atoms with E-state index in [1.165, 1.54) is 0 Å². The van der Waals surface area contributed by atoms with Crippen molar-refractivity contribution in [1.82, 2.24) is 4.98 Å². The molecule has 0 saturated heterocycles. The zero-order valence-corrected chi connectivity index (χ0v) is 14.1. The highest BCUT2D eigenvalue weighted by Crippen LogP contribution is 2.29. The molecule has 1 N–H and O–H groups in total. The summed E-state index contributed by atoms with van der Waals surface area (Å²) in [4.78, 5) is 27.2. The van der Waals surface area contributed by atoms with Crippen LogP contribution in [0.25, 0.3) is 0 Å². The van der Waals surface area contributed by atoms with E-state index in [-0.39, 0.29) is 18.6 Å². The second kappa shape index (κ2) is 7.54. The molecule has 21 heavy (non-hydrogen) atoms. The maximum Gasteiger partial charge on any atom is 0.303 e. The Hall–Kier alpha value is -1.43. The van der Waals surface area contributed by atoms with E-state index in [0.29, 0.717) is 28.9 Å². The number of hydrogen-bond acceptors (Lipinski definition) is 4. The van der Waals surface area contributed by atoms with Crippen molar-refractivity contribution in [3.05, 3.63) is 22.3 Å². The van der Waals surface area contributed by atoms with E-state index >= 15 is 0 Å². The Kier molecular flexibility index (Phi) is 6.33. The highest BCUT2D eigenvalue weighted by atomic mass is 79.9. The summed E-state index contributed by atoms with van der Waals surface area (Å²) >= 11 is 3.29. The zero-order valence-electron chi connectivity index (χ0n) is 12.5. The van der Waals surface area contributed by atoms with Crippen molar-refractivity contribution < 1.29 is 19.4 Å². The molecule has 0 bridgehead atoms. The number of rotatable bonds is 8. The van der Waals surface area contributed by atoms with Gasteiger partial charge in [0.2, 0.25) is 5.88 Å². The average Bonchev–Trinajstić information content (AvgIpc) is 2.37. The first-order valence-corrected chi connectivity index (χ1v) is 7.58. The number of carbonyl (C=O) groups excluding carboxylic acids is 1. The molecule has 0 radical (unpaired) electrons. The molecule has 116 valence electrons. The number of halogens is 1. The first kappa shape index (κ1) is 17.6. The van der Waals surface area contributed by atoms with E-state index in [1.807, 2.05) is 20.8 Å². The Morgan fingerprint density at radius 2 is 2.10 bits per heavy atom. The SMILES string of the molecule is CCOc1ncc(Br)cc1C(=O)CCC(C)(C)CC(=O)O. The van der Waals surface area contributed by atoms with Crippen molar-refractivity contribution in [3.8, 4) is 5.88 Å². The number of aromatic nitrogens is 1. The Morgan fingerprint density at radius 3 is 2.67 bits per heavy atom. The van der Waals surface area contributed by atoms with Crippen LogP contribution in [0.2, 0.25) is 0 Å². The number of pyridine rings is 1. The Balaban J connectivity index is 2.80. The summed E-state index contributed by atoms with van der Waals surface area (Å²) in [6, 6.07) is 1.69. The predicted molar refractivity (Wildman–Crippen MR) is 82.7 cm³/mol. The minimum atomic E-state index is -0.855. The summed E-state index contributed by atoms with van der Waals surface area (Å²) < 4.78 is 6.07. The molecule has 0 aliphatic heterocycles. The van der Waals surface area contributed by atoms with Crippen LogP contribution in [0.4, 0.5) is 0 Å². The van der Waals surface area contributed by atoms with Gasteiger partial charge in [-0.2, -0.15) is 0 Å². The third kappa shape index (κ3) is 5.83. The Morgan fingerprint density at radius 1 is 1.43 bits per heavy atom. The monoisotopic (exact) mass is 357 g/mol. The maximum atomic E-state index is 12.3. The second-order valence-corrected chi connectivity index (χ2v) is 6.51. The van der Waals surface area contributed by atoms with Crippen LogP contribution in [0.5, 0.6) is 5.88 Å². The number of carboxylic acids is 1. The molecule has 0 aromatic carbocycles. The first-order chi connectivity index (χ1) is 9.75. The third-order valence-electron chi connectivity index (χ3n) is 3.06. The van der Waals surface area contributed by atoms with Gasteiger partial charge in [-0.05, 0) is 40.8 Å². The van der Waals surface area contributed by atoms with Crippen molar-refractivity contribution in [1.29, 1.82) is 0 Å². The first-order valence-electron chi connectivity index (χ1n) is 6.78. The van der Waals surface area contributed by atoms with Gasteiger partial charge in [0.25, 0.3) is 0 Å². The summed E-state index contributed by atoms with van der Waals surface area (Å²) in [6.45, 7) is 5.95. The normalized spacial score (nSPS) is 11.2. The van der Waals surface area contributed by atoms with Gasteiger partial charge in [-0.1, -0.05) is 13.8 Å². The number of carboxylic acid groups (broad SMARTS) is 1. The molecule has 0 fully saturated rings. The Labute approximate surface area is 132 Å². The van der Waals surface area contributed by atoms with Crippen molar-refractivity contribution in [2.75, 3.05) is 6.61 Å². The number of ether oxygens (including phenoxy) is 1. The molecule has 1 rings (SSSR count). The molecule has 5 nitrogen and oxygen atoms in total. The fraction of sp³-hybridized carbons (Fsp3) is 0.533. The molecule has 1 aromatic heterocycles. The quantitative estimate of drug-likeness (QED) is 0.717. The Bertz CT molecular complexity index is 528. The van der Waals surface area contributed by atoms with Gasteiger partial charge < -0.3 is 9.84 Å². The van der Waals surface area contributed by atoms with E-state index in [4.69, 9.17) is 9.84 Å². The van der Waals surface area contributed by atoms with Gasteiger partial charge in [0.05, 0.1) is 18.6 Å². The van der Waals surface area contributed by atoms with Crippen LogP contribution in [-0.2, 0) is 4.79 Å². The molecule has 0 aliphatic rings. The lowest BCUT2D eigenvalue weighted by molar-refractivity contribution is -0.139. The summed E-state index contributed by atoms with van der Waals surface area (Å²) in [7, 11) is 0. The molecule has 1 heterocycles. The molecule has 0 saturated carbocycles. The van der Waals surface area contributed by atoms with E-state index in [2.05, 4.69) is 20.9 Å². The van der Waals surface area contributed by atoms with Crippen LogP contribution in [0.15, 0.2) is 16.7 Å². The highest BCUT2D eigenvalue weighted by molar-refractivity contribution is 9.10. The standard InChI is InChI=1S/C15H20BrNO4/c1-4-21-14-11(7-10(16)9-17-14)12(18)5-6-15(2,3)8-13(19)20/h7,9H,4-6,8H2,1-3H3,(H,19,20). The fourth-order valence-electron chi connectivity index (χ4n) is 1.96. The van der Waals surface area contributed by atoms with Crippen LogP contribution >= 0.6 is 15.9 Å². The molecule has 0 spiro atoms. The van der Waals surface area contributed by atoms with Gasteiger partial charge in [0.15, 0.2) is 5.78 Å². The summed E-state index contributed by atoms with van der Waals surface area (Å²) in [5, 5.41) is 8.86. The van der Waals surface area contributed by atoms with Crippen LogP contribution in [-0.4, -0.2) is 28.4 Å². The number of Topliss-reactive ketones (excluding diaryl/α,β-unsaturated/α-hetero) is 1. The maximum absolute atomic E-state index is 12.3. The van der Waals surface area contributed by atoms with E-state index in [9.17, 15) is 9.59 Å². The van der Waals surface area contributed by atoms with Crippen molar-refractivity contribution in [2.24, 2.45) is 5.41 Å². The van der Waals surface area contributed by atoms with Crippen LogP contribution in [0.3, 0.4) is 0 Å². The average molecular weight is 358 g/mol. The van der Waals surface area contributed by atoms with Gasteiger partial charge in [-0.15, -0.1) is 0 Å². The molecule has 0 atom stereocenters. The van der Waals surface area contributed by atoms with Crippen LogP contribution in [0, 0.1) is 5.41 Å². The summed E-state index contributed by atoms with van der Waals surface area (Å²) in [5.41, 5.74) is 0.00420. The molecule has 6 heteroatoms. The fourth-order valence-corrected chi connectivity index (χ4v) is 2.29. The minimum Gasteiger partial charge on any atom is -0.481 e. The summed E-state index contributed by atoms with van der Waals surface area (Å²) in [5.74, 6) is -0.626. The number of nitrogens with zero attached hydrogens (tertiary/aromatic N) is 1. The van der Waals surface area contributed by atoms with Gasteiger partial charge >= 0.3 is 5.97 Å². The molecule has 0 unspecified atom stereocenters. The van der Waals surface area contributed by atoms with E-state index in [0.717, 1.165) is 0 Å². The topological polar surface area (TPSA) is 76.5 Å². The lowest BCUT2D eigenvalue weighted by Gasteiger charge is -2.21. The molecule has 0 amide bonds. The minimum absolute atomic E-state index is 0.0370. The number of ketones is 1. The van der Waals surface area contributed by atoms with Crippen molar-refractivity contribution >= 4 is 27.7 Å². The largest absolute Gasteiger partial charge is 0.481 e. The second-order valence-electron chi connectivity index (χ2n) is 5.60. The lowest BCUT2D eigenvalue weighted by atomic mass is 9.83. The third-order valence-corrected chi connectivity index (χ3v) is 3.49. The van der Waals surface area contributed by atoms with Gasteiger partial charge in [-0.25, -0.2) is 4.98 Å². The van der Waals surface area contributed by atoms with Gasteiger partial charge in [0, 0.05) is 17.1 Å². The van der Waals surface area contributed by atoms with Crippen molar-refractivity contribution in [2.45, 2.75) is 40.0 Å². The highest BCUT2D eigenvalue weighted by Gasteiger charge is 2.24. The molecule has 0 aliphatic carbocycles. The predicted octanol–water partition coefficient (Wildman–Crippen LogP) is 3.71. The van der Waals surface area contributed by atoms with Crippen LogP contribution in [0.1, 0.15) is 50.4 Å². The van der Waals surface area contributed by atoms with E-state index < -0.39 is 11.4 Å². The van der Waals surface area contributed by atoms with Crippen LogP contribution < -0.4 is 4.74 Å². The summed E-state index contributed by atoms with van der Waals surface area (Å²) in [6.07, 6.45) is 2.38. The molecular formula is C15H20BrNO4. The smallest absolute Gasteiger partial charge is 0.303 e. The van der Waals surface area contributed by atoms with Crippen molar-refractivity contribution in [3.63, 3.8) is 0 Å². The zero-order chi connectivity index (χ0) is 16.0. The number of aliphatic carboxylic acids is 1.